The van der Waals surface area contributed by atoms with Crippen LogP contribution in [0.15, 0.2) is 0 Å². The number of nitrogens with zero attached hydrogens (tertiary/aromatic N) is 2. The first kappa shape index (κ1) is 15.9. The lowest BCUT2D eigenvalue weighted by Crippen LogP contribution is -2.37. The van der Waals surface area contributed by atoms with Gasteiger partial charge >= 0.3 is 0 Å². The predicted molar refractivity (Wildman–Crippen MR) is 75.9 cm³/mol. The quantitative estimate of drug-likeness (QED) is 0.649. The molecule has 1 heterocycles. The molecule has 0 bridgehead atoms. The first-order valence-corrected chi connectivity index (χ1v) is 7.41. The molecule has 1 rings (SSSR count). The van der Waals surface area contributed by atoms with Gasteiger partial charge < -0.3 is 15.0 Å². The summed E-state index contributed by atoms with van der Waals surface area (Å²) in [6, 6.07) is 0. The highest BCUT2D eigenvalue weighted by molar-refractivity contribution is 4.74. The largest absolute Gasteiger partial charge is 0.317 e. The molecular formula is C14H31N3O. The number of likely N-dealkylation sites (N-methyl/N-ethyl adjacent to an activating group) is 1. The summed E-state index contributed by atoms with van der Waals surface area (Å²) < 4.78 is 0. The molecule has 108 valence electrons. The number of piperidine rings is 1. The summed E-state index contributed by atoms with van der Waals surface area (Å²) in [4.78, 5) is 4.88. The molecular weight excluding hydrogens is 226 g/mol. The SMILES string of the molecule is CC(C)C1CCN(CCCN(C)CCNO)CC1. The van der Waals surface area contributed by atoms with E-state index in [0.717, 1.165) is 24.9 Å². The standard InChI is InChI=1S/C14H31N3O/c1-13(2)14-5-10-17(11-6-14)9-4-8-16(3)12-7-15-18/h13-15,18H,4-12H2,1-3H3. The first-order valence-electron chi connectivity index (χ1n) is 7.41. The van der Waals surface area contributed by atoms with E-state index in [-0.39, 0.29) is 0 Å². The molecule has 0 saturated carbocycles. The van der Waals surface area contributed by atoms with E-state index in [0.29, 0.717) is 6.54 Å². The fourth-order valence-electron chi connectivity index (χ4n) is 2.76. The van der Waals surface area contributed by atoms with E-state index in [1.165, 1.54) is 38.9 Å². The van der Waals surface area contributed by atoms with Crippen molar-refractivity contribution in [2.45, 2.75) is 33.1 Å². The van der Waals surface area contributed by atoms with Crippen LogP contribution in [-0.2, 0) is 0 Å². The third-order valence-corrected chi connectivity index (χ3v) is 4.19. The van der Waals surface area contributed by atoms with Crippen LogP contribution in [0.1, 0.15) is 33.1 Å². The third-order valence-electron chi connectivity index (χ3n) is 4.19. The van der Waals surface area contributed by atoms with Gasteiger partial charge in [-0.1, -0.05) is 13.8 Å². The molecule has 1 aliphatic rings. The molecule has 4 nitrogen and oxygen atoms in total. The molecule has 0 amide bonds. The lowest BCUT2D eigenvalue weighted by atomic mass is 9.87. The molecule has 0 radical (unpaired) electrons. The first-order chi connectivity index (χ1) is 8.63. The van der Waals surface area contributed by atoms with Crippen molar-refractivity contribution < 1.29 is 5.21 Å². The summed E-state index contributed by atoms with van der Waals surface area (Å²) in [7, 11) is 2.11. The van der Waals surface area contributed by atoms with Crippen molar-refractivity contribution >= 4 is 0 Å². The van der Waals surface area contributed by atoms with E-state index in [4.69, 9.17) is 5.21 Å². The van der Waals surface area contributed by atoms with Crippen molar-refractivity contribution in [1.29, 1.82) is 0 Å². The van der Waals surface area contributed by atoms with Crippen LogP contribution in [0.5, 0.6) is 0 Å². The average Bonchev–Trinajstić information content (AvgIpc) is 2.37. The monoisotopic (exact) mass is 257 g/mol. The summed E-state index contributed by atoms with van der Waals surface area (Å²) in [5.74, 6) is 1.80. The van der Waals surface area contributed by atoms with Crippen molar-refractivity contribution in [3.05, 3.63) is 0 Å². The minimum atomic E-state index is 0.649. The molecule has 18 heavy (non-hydrogen) atoms. The Morgan fingerprint density at radius 2 is 1.94 bits per heavy atom. The zero-order valence-electron chi connectivity index (χ0n) is 12.4. The molecule has 4 heteroatoms. The number of hydrogen-bond donors (Lipinski definition) is 2. The maximum absolute atomic E-state index is 8.53. The summed E-state index contributed by atoms with van der Waals surface area (Å²) in [5.41, 5.74) is 2.20. The Balaban J connectivity index is 2.04. The van der Waals surface area contributed by atoms with Gasteiger partial charge in [-0.05, 0) is 64.3 Å². The van der Waals surface area contributed by atoms with Crippen LogP contribution in [0, 0.1) is 11.8 Å². The van der Waals surface area contributed by atoms with Gasteiger partial charge in [0, 0.05) is 13.1 Å². The van der Waals surface area contributed by atoms with Gasteiger partial charge in [0.05, 0.1) is 0 Å². The van der Waals surface area contributed by atoms with Crippen molar-refractivity contribution in [3.8, 4) is 0 Å². The smallest absolute Gasteiger partial charge is 0.0335 e. The van der Waals surface area contributed by atoms with Crippen LogP contribution >= 0.6 is 0 Å². The minimum absolute atomic E-state index is 0.649. The van der Waals surface area contributed by atoms with Crippen LogP contribution in [0.3, 0.4) is 0 Å². The fraction of sp³-hybridized carbons (Fsp3) is 1.00. The summed E-state index contributed by atoms with van der Waals surface area (Å²) in [6.07, 6.45) is 3.98. The van der Waals surface area contributed by atoms with Crippen LogP contribution < -0.4 is 5.48 Å². The van der Waals surface area contributed by atoms with Crippen LogP contribution in [0.25, 0.3) is 0 Å². The van der Waals surface area contributed by atoms with Crippen LogP contribution in [-0.4, -0.2) is 61.3 Å². The predicted octanol–water partition coefficient (Wildman–Crippen LogP) is 1.66. The minimum Gasteiger partial charge on any atom is -0.317 e. The van der Waals surface area contributed by atoms with Gasteiger partial charge in [0.2, 0.25) is 0 Å². The highest BCUT2D eigenvalue weighted by Crippen LogP contribution is 2.24. The Morgan fingerprint density at radius 3 is 2.50 bits per heavy atom. The normalized spacial score (nSPS) is 19.0. The van der Waals surface area contributed by atoms with Crippen molar-refractivity contribution in [3.63, 3.8) is 0 Å². The Hall–Kier alpha value is -0.160. The zero-order valence-corrected chi connectivity index (χ0v) is 12.4. The van der Waals surface area contributed by atoms with Gasteiger partial charge in [0.25, 0.3) is 0 Å². The van der Waals surface area contributed by atoms with Gasteiger partial charge in [0.1, 0.15) is 0 Å². The highest BCUT2D eigenvalue weighted by Gasteiger charge is 2.20. The van der Waals surface area contributed by atoms with Gasteiger partial charge in [-0.3, -0.25) is 0 Å². The van der Waals surface area contributed by atoms with Gasteiger partial charge in [-0.15, -0.1) is 0 Å². The summed E-state index contributed by atoms with van der Waals surface area (Å²) in [6.45, 7) is 11.2. The van der Waals surface area contributed by atoms with Crippen molar-refractivity contribution in [2.24, 2.45) is 11.8 Å². The van der Waals surface area contributed by atoms with E-state index in [1.54, 1.807) is 0 Å². The Kier molecular flexibility index (Phi) is 7.82. The van der Waals surface area contributed by atoms with E-state index < -0.39 is 0 Å². The number of nitrogens with one attached hydrogen (secondary N) is 1. The maximum Gasteiger partial charge on any atom is 0.0335 e. The Labute approximate surface area is 112 Å². The molecule has 0 aliphatic carbocycles. The molecule has 1 aliphatic heterocycles. The summed E-state index contributed by atoms with van der Waals surface area (Å²) in [5, 5.41) is 8.53. The zero-order chi connectivity index (χ0) is 13.4. The lowest BCUT2D eigenvalue weighted by molar-refractivity contribution is 0.141. The molecule has 0 unspecified atom stereocenters. The second kappa shape index (κ2) is 8.86. The van der Waals surface area contributed by atoms with E-state index in [2.05, 4.69) is 36.2 Å². The van der Waals surface area contributed by atoms with E-state index >= 15 is 0 Å². The second-order valence-corrected chi connectivity index (χ2v) is 5.99. The second-order valence-electron chi connectivity index (χ2n) is 5.99. The maximum atomic E-state index is 8.53. The van der Waals surface area contributed by atoms with E-state index in [9.17, 15) is 0 Å². The average molecular weight is 257 g/mol. The van der Waals surface area contributed by atoms with Crippen molar-refractivity contribution in [1.82, 2.24) is 15.3 Å². The molecule has 0 spiro atoms. The Morgan fingerprint density at radius 1 is 1.28 bits per heavy atom. The number of hydrogen-bond acceptors (Lipinski definition) is 4. The number of rotatable bonds is 8. The molecule has 1 saturated heterocycles. The molecule has 1 fully saturated rings. The van der Waals surface area contributed by atoms with Crippen LogP contribution in [0.2, 0.25) is 0 Å². The van der Waals surface area contributed by atoms with Gasteiger partial charge in [0.15, 0.2) is 0 Å². The highest BCUT2D eigenvalue weighted by atomic mass is 16.5. The molecule has 0 aromatic rings. The fourth-order valence-corrected chi connectivity index (χ4v) is 2.76. The number of hydroxylamine groups is 1. The van der Waals surface area contributed by atoms with Crippen molar-refractivity contribution in [2.75, 3.05) is 46.3 Å². The topological polar surface area (TPSA) is 38.7 Å². The molecule has 0 aromatic carbocycles. The van der Waals surface area contributed by atoms with E-state index in [1.807, 2.05) is 0 Å². The Bertz CT molecular complexity index is 203. The molecule has 0 atom stereocenters. The van der Waals surface area contributed by atoms with Gasteiger partial charge in [-0.25, -0.2) is 5.48 Å². The number of likely N-dealkylation sites (tertiary alicyclic amines) is 1. The molecule has 2 N–H and O–H groups in total. The lowest BCUT2D eigenvalue weighted by Gasteiger charge is -2.34. The third kappa shape index (κ3) is 6.14. The van der Waals surface area contributed by atoms with Crippen LogP contribution in [0.4, 0.5) is 0 Å². The van der Waals surface area contributed by atoms with Gasteiger partial charge in [-0.2, -0.15) is 0 Å². The molecule has 0 aromatic heterocycles. The summed E-state index contributed by atoms with van der Waals surface area (Å²) >= 11 is 0.